The molecule has 0 spiro atoms. The summed E-state index contributed by atoms with van der Waals surface area (Å²) in [6, 6.07) is 6.79. The first-order valence-electron chi connectivity index (χ1n) is 14.4. The lowest BCUT2D eigenvalue weighted by Gasteiger charge is -2.32. The van der Waals surface area contributed by atoms with Gasteiger partial charge in [0.25, 0.3) is 0 Å². The largest absolute Gasteiger partial charge is 0.206 e. The molecule has 198 valence electrons. The summed E-state index contributed by atoms with van der Waals surface area (Å²) in [6.07, 6.45) is 19.6. The van der Waals surface area contributed by atoms with E-state index in [0.29, 0.717) is 0 Å². The van der Waals surface area contributed by atoms with Gasteiger partial charge in [0.15, 0.2) is 0 Å². The lowest BCUT2D eigenvalue weighted by Crippen LogP contribution is -2.18. The molecular weight excluding hydrogens is 477 g/mol. The SMILES string of the molecule is CCCCCC[C@H]1CC[C@H](CC[C@H]2CC[C@H](c3cc(F)c(-c4ccc(Cl)c(F)c4)c(F)c3)CC2)CC1. The molecule has 36 heavy (non-hydrogen) atoms. The van der Waals surface area contributed by atoms with E-state index < -0.39 is 17.5 Å². The van der Waals surface area contributed by atoms with Crippen LogP contribution in [-0.4, -0.2) is 0 Å². The van der Waals surface area contributed by atoms with Crippen LogP contribution in [0, 0.1) is 35.2 Å². The molecule has 2 aliphatic carbocycles. The Morgan fingerprint density at radius 3 is 1.78 bits per heavy atom. The van der Waals surface area contributed by atoms with Gasteiger partial charge in [0.1, 0.15) is 17.5 Å². The van der Waals surface area contributed by atoms with E-state index in [-0.39, 0.29) is 22.1 Å². The van der Waals surface area contributed by atoms with E-state index in [0.717, 1.165) is 55.1 Å². The minimum Gasteiger partial charge on any atom is -0.206 e. The molecule has 0 saturated heterocycles. The van der Waals surface area contributed by atoms with Gasteiger partial charge in [-0.1, -0.05) is 95.2 Å². The number of halogens is 4. The van der Waals surface area contributed by atoms with Crippen molar-refractivity contribution in [3.63, 3.8) is 0 Å². The van der Waals surface area contributed by atoms with E-state index in [2.05, 4.69) is 6.92 Å². The molecule has 0 unspecified atom stereocenters. The standard InChI is InChI=1S/C32H42ClF3/c1-2-3-4-5-6-22-7-9-23(10-8-22)11-12-24-13-15-25(16-14-24)27-20-30(35)32(31(36)21-27)26-17-18-28(33)29(34)19-26/h17-25H,2-16H2,1H3/t22-,23-,24-,25-. The quantitative estimate of drug-likeness (QED) is 0.274. The Labute approximate surface area is 221 Å². The second kappa shape index (κ2) is 13.4. The van der Waals surface area contributed by atoms with Crippen molar-refractivity contribution < 1.29 is 13.2 Å². The third-order valence-electron chi connectivity index (χ3n) is 9.01. The normalized spacial score (nSPS) is 24.7. The topological polar surface area (TPSA) is 0 Å². The van der Waals surface area contributed by atoms with Crippen molar-refractivity contribution in [1.82, 2.24) is 0 Å². The van der Waals surface area contributed by atoms with Crippen LogP contribution < -0.4 is 0 Å². The molecule has 4 heteroatoms. The van der Waals surface area contributed by atoms with Gasteiger partial charge in [-0.3, -0.25) is 0 Å². The Kier molecular flexibility index (Phi) is 10.2. The Bertz CT molecular complexity index is 948. The van der Waals surface area contributed by atoms with Crippen LogP contribution >= 0.6 is 11.6 Å². The highest BCUT2D eigenvalue weighted by Crippen LogP contribution is 2.41. The smallest absolute Gasteiger partial charge is 0.142 e. The molecule has 0 atom stereocenters. The van der Waals surface area contributed by atoms with E-state index in [1.807, 2.05) is 0 Å². The van der Waals surface area contributed by atoms with Crippen LogP contribution in [0.2, 0.25) is 5.02 Å². The lowest BCUT2D eigenvalue weighted by atomic mass is 9.74. The van der Waals surface area contributed by atoms with Crippen molar-refractivity contribution in [3.8, 4) is 11.1 Å². The Hall–Kier alpha value is -1.48. The monoisotopic (exact) mass is 518 g/mol. The van der Waals surface area contributed by atoms with Crippen molar-refractivity contribution >= 4 is 11.6 Å². The fourth-order valence-corrected chi connectivity index (χ4v) is 6.80. The van der Waals surface area contributed by atoms with Crippen LogP contribution in [0.5, 0.6) is 0 Å². The molecule has 2 fully saturated rings. The molecule has 0 nitrogen and oxygen atoms in total. The van der Waals surface area contributed by atoms with E-state index in [1.54, 1.807) is 0 Å². The molecule has 2 aliphatic rings. The van der Waals surface area contributed by atoms with Crippen LogP contribution in [0.25, 0.3) is 11.1 Å². The van der Waals surface area contributed by atoms with Crippen molar-refractivity contribution in [3.05, 3.63) is 58.4 Å². The molecule has 0 aliphatic heterocycles. The highest BCUT2D eigenvalue weighted by atomic mass is 35.5. The molecule has 2 saturated carbocycles. The summed E-state index contributed by atoms with van der Waals surface area (Å²) >= 11 is 5.72. The van der Waals surface area contributed by atoms with Gasteiger partial charge < -0.3 is 0 Å². The number of hydrogen-bond donors (Lipinski definition) is 0. The molecule has 0 amide bonds. The summed E-state index contributed by atoms with van der Waals surface area (Å²) in [5, 5.41) is -0.0570. The van der Waals surface area contributed by atoms with Crippen LogP contribution in [0.1, 0.15) is 115 Å². The molecule has 0 aromatic heterocycles. The summed E-state index contributed by atoms with van der Waals surface area (Å²) in [6.45, 7) is 2.28. The van der Waals surface area contributed by atoms with Crippen LogP contribution in [0.4, 0.5) is 13.2 Å². The molecule has 0 N–H and O–H groups in total. The average molecular weight is 519 g/mol. The first-order chi connectivity index (χ1) is 17.4. The maximum atomic E-state index is 14.9. The number of hydrogen-bond acceptors (Lipinski definition) is 0. The first-order valence-corrected chi connectivity index (χ1v) is 14.8. The summed E-state index contributed by atoms with van der Waals surface area (Å²) in [4.78, 5) is 0. The maximum absolute atomic E-state index is 14.9. The van der Waals surface area contributed by atoms with Gasteiger partial charge in [0.05, 0.1) is 10.6 Å². The molecule has 0 radical (unpaired) electrons. The average Bonchev–Trinajstić information content (AvgIpc) is 2.88. The van der Waals surface area contributed by atoms with E-state index in [4.69, 9.17) is 11.6 Å². The van der Waals surface area contributed by atoms with Crippen LogP contribution in [-0.2, 0) is 0 Å². The fraction of sp³-hybridized carbons (Fsp3) is 0.625. The highest BCUT2D eigenvalue weighted by molar-refractivity contribution is 6.30. The molecule has 2 aromatic carbocycles. The van der Waals surface area contributed by atoms with Gasteiger partial charge in [-0.2, -0.15) is 0 Å². The van der Waals surface area contributed by atoms with Crippen molar-refractivity contribution in [2.24, 2.45) is 17.8 Å². The second-order valence-corrected chi connectivity index (χ2v) is 11.9. The van der Waals surface area contributed by atoms with Gasteiger partial charge in [0, 0.05) is 0 Å². The highest BCUT2D eigenvalue weighted by Gasteiger charge is 2.26. The predicted molar refractivity (Wildman–Crippen MR) is 145 cm³/mol. The summed E-state index contributed by atoms with van der Waals surface area (Å²) in [5.41, 5.74) is 0.727. The van der Waals surface area contributed by atoms with Gasteiger partial charge in [-0.05, 0) is 84.7 Å². The van der Waals surface area contributed by atoms with Crippen LogP contribution in [0.15, 0.2) is 30.3 Å². The Morgan fingerprint density at radius 2 is 1.22 bits per heavy atom. The number of rotatable bonds is 10. The molecule has 0 bridgehead atoms. The van der Waals surface area contributed by atoms with Gasteiger partial charge >= 0.3 is 0 Å². The van der Waals surface area contributed by atoms with Crippen molar-refractivity contribution in [2.45, 2.75) is 109 Å². The Balaban J connectivity index is 1.22. The van der Waals surface area contributed by atoms with Gasteiger partial charge in [-0.25, -0.2) is 13.2 Å². The summed E-state index contributed by atoms with van der Waals surface area (Å²) in [7, 11) is 0. The molecule has 2 aromatic rings. The molecule has 0 heterocycles. The summed E-state index contributed by atoms with van der Waals surface area (Å²) in [5.74, 6) is 0.890. The second-order valence-electron chi connectivity index (χ2n) is 11.5. The van der Waals surface area contributed by atoms with Gasteiger partial charge in [0.2, 0.25) is 0 Å². The zero-order chi connectivity index (χ0) is 25.5. The van der Waals surface area contributed by atoms with Crippen LogP contribution in [0.3, 0.4) is 0 Å². The number of unbranched alkanes of at least 4 members (excludes halogenated alkanes) is 3. The fourth-order valence-electron chi connectivity index (χ4n) is 6.68. The zero-order valence-electron chi connectivity index (χ0n) is 21.8. The summed E-state index contributed by atoms with van der Waals surface area (Å²) < 4.78 is 43.7. The molecule has 4 rings (SSSR count). The Morgan fingerprint density at radius 1 is 0.667 bits per heavy atom. The lowest BCUT2D eigenvalue weighted by molar-refractivity contribution is 0.222. The molecular formula is C32H42ClF3. The number of benzene rings is 2. The van der Waals surface area contributed by atoms with Crippen molar-refractivity contribution in [1.29, 1.82) is 0 Å². The van der Waals surface area contributed by atoms with E-state index >= 15 is 0 Å². The first kappa shape index (κ1) is 27.6. The maximum Gasteiger partial charge on any atom is 0.142 e. The van der Waals surface area contributed by atoms with Crippen molar-refractivity contribution in [2.75, 3.05) is 0 Å². The third-order valence-corrected chi connectivity index (χ3v) is 9.31. The predicted octanol–water partition coefficient (Wildman–Crippen LogP) is 11.3. The van der Waals surface area contributed by atoms with Gasteiger partial charge in [-0.15, -0.1) is 0 Å². The minimum atomic E-state index is -0.675. The minimum absolute atomic E-state index is 0.0570. The zero-order valence-corrected chi connectivity index (χ0v) is 22.6. The van der Waals surface area contributed by atoms with E-state index in [1.165, 1.54) is 94.9 Å². The van der Waals surface area contributed by atoms with E-state index in [9.17, 15) is 13.2 Å². The third kappa shape index (κ3) is 7.30.